The largest absolute Gasteiger partial charge is 0.380 e. The lowest BCUT2D eigenvalue weighted by Crippen LogP contribution is -2.42. The summed E-state index contributed by atoms with van der Waals surface area (Å²) in [5.41, 5.74) is 0.427. The molecule has 0 aliphatic heterocycles. The molecule has 0 fully saturated rings. The number of nitrogens with zero attached hydrogens (tertiary/aromatic N) is 1. The van der Waals surface area contributed by atoms with Gasteiger partial charge in [-0.2, -0.15) is 0 Å². The summed E-state index contributed by atoms with van der Waals surface area (Å²) in [5, 5.41) is 13.2. The van der Waals surface area contributed by atoms with Crippen molar-refractivity contribution in [3.05, 3.63) is 72.9 Å². The smallest absolute Gasteiger partial charge is 0.256 e. The normalized spacial score (nSPS) is 13.4. The Morgan fingerprint density at radius 3 is 2.71 bits per heavy atom. The number of H-pyrrole nitrogens is 1. The van der Waals surface area contributed by atoms with E-state index in [0.29, 0.717) is 17.2 Å². The van der Waals surface area contributed by atoms with Gasteiger partial charge in [0.1, 0.15) is 11.4 Å². The van der Waals surface area contributed by atoms with Gasteiger partial charge in [-0.25, -0.2) is 4.98 Å². The van der Waals surface area contributed by atoms with Crippen molar-refractivity contribution in [2.24, 2.45) is 0 Å². The molecular formula is C19H21N3O2. The molecule has 0 unspecified atom stereocenters. The molecule has 0 aliphatic rings. The SMILES string of the molecule is C=C/C=C\c1[nH]c(C[C@](C)(O)C(=O)Nc2ccccc2)nc1C=C. The number of carbonyl (C=O) groups excluding carboxylic acids is 1. The van der Waals surface area contributed by atoms with E-state index in [1.54, 1.807) is 36.4 Å². The van der Waals surface area contributed by atoms with Crippen LogP contribution in [0.2, 0.25) is 0 Å². The van der Waals surface area contributed by atoms with Gasteiger partial charge in [0.25, 0.3) is 5.91 Å². The molecule has 0 spiro atoms. The maximum Gasteiger partial charge on any atom is 0.256 e. The summed E-state index contributed by atoms with van der Waals surface area (Å²) < 4.78 is 0. The summed E-state index contributed by atoms with van der Waals surface area (Å²) in [4.78, 5) is 19.8. The topological polar surface area (TPSA) is 78.0 Å². The first-order chi connectivity index (χ1) is 11.5. The Labute approximate surface area is 141 Å². The highest BCUT2D eigenvalue weighted by Gasteiger charge is 2.32. The van der Waals surface area contributed by atoms with Crippen LogP contribution in [0, 0.1) is 0 Å². The van der Waals surface area contributed by atoms with Crippen molar-refractivity contribution in [3.8, 4) is 0 Å². The second kappa shape index (κ2) is 7.57. The molecule has 0 saturated heterocycles. The molecule has 1 heterocycles. The van der Waals surface area contributed by atoms with Crippen molar-refractivity contribution in [2.75, 3.05) is 5.32 Å². The van der Waals surface area contributed by atoms with E-state index in [1.807, 2.05) is 18.2 Å². The van der Waals surface area contributed by atoms with Gasteiger partial charge in [-0.15, -0.1) is 0 Å². The van der Waals surface area contributed by atoms with Crippen LogP contribution >= 0.6 is 0 Å². The van der Waals surface area contributed by atoms with E-state index in [0.717, 1.165) is 5.69 Å². The number of hydrogen-bond donors (Lipinski definition) is 3. The van der Waals surface area contributed by atoms with Crippen LogP contribution in [0.3, 0.4) is 0 Å². The standard InChI is InChI=1S/C19H21N3O2/c1-4-6-12-16-15(5-2)21-17(22-16)13-19(3,24)18(23)20-14-10-8-7-9-11-14/h4-12,24H,1-2,13H2,3H3,(H,20,23)(H,21,22)/b12-6-/t19-/m0/s1. The van der Waals surface area contributed by atoms with Crippen LogP contribution in [0.5, 0.6) is 0 Å². The van der Waals surface area contributed by atoms with E-state index in [-0.39, 0.29) is 6.42 Å². The van der Waals surface area contributed by atoms with Gasteiger partial charge in [0.05, 0.1) is 11.4 Å². The van der Waals surface area contributed by atoms with E-state index in [4.69, 9.17) is 0 Å². The quantitative estimate of drug-likeness (QED) is 0.685. The number of imidazole rings is 1. The third-order valence-electron chi connectivity index (χ3n) is 3.44. The van der Waals surface area contributed by atoms with Crippen LogP contribution in [-0.4, -0.2) is 26.6 Å². The third-order valence-corrected chi connectivity index (χ3v) is 3.44. The number of benzene rings is 1. The predicted molar refractivity (Wildman–Crippen MR) is 97.3 cm³/mol. The molecule has 1 aromatic heterocycles. The van der Waals surface area contributed by atoms with Crippen LogP contribution in [0.25, 0.3) is 12.2 Å². The first-order valence-electron chi connectivity index (χ1n) is 7.55. The average Bonchev–Trinajstić information content (AvgIpc) is 2.94. The van der Waals surface area contributed by atoms with E-state index in [2.05, 4.69) is 28.4 Å². The second-order valence-corrected chi connectivity index (χ2v) is 5.55. The van der Waals surface area contributed by atoms with Crippen molar-refractivity contribution in [1.29, 1.82) is 0 Å². The zero-order chi connectivity index (χ0) is 17.6. The Balaban J connectivity index is 2.14. The number of nitrogens with one attached hydrogen (secondary N) is 2. The maximum atomic E-state index is 12.3. The molecule has 0 bridgehead atoms. The zero-order valence-electron chi connectivity index (χ0n) is 13.6. The molecule has 5 nitrogen and oxygen atoms in total. The van der Waals surface area contributed by atoms with E-state index < -0.39 is 11.5 Å². The molecule has 0 saturated carbocycles. The van der Waals surface area contributed by atoms with Crippen molar-refractivity contribution in [1.82, 2.24) is 9.97 Å². The monoisotopic (exact) mass is 323 g/mol. The van der Waals surface area contributed by atoms with Gasteiger partial charge in [-0.05, 0) is 31.2 Å². The number of aromatic amines is 1. The average molecular weight is 323 g/mol. The van der Waals surface area contributed by atoms with Gasteiger partial charge < -0.3 is 15.4 Å². The van der Waals surface area contributed by atoms with Crippen molar-refractivity contribution in [2.45, 2.75) is 18.9 Å². The van der Waals surface area contributed by atoms with Crippen LogP contribution in [0.15, 0.2) is 55.6 Å². The van der Waals surface area contributed by atoms with Gasteiger partial charge in [-0.3, -0.25) is 4.79 Å². The molecule has 24 heavy (non-hydrogen) atoms. The number of aliphatic hydroxyl groups is 1. The van der Waals surface area contributed by atoms with E-state index in [9.17, 15) is 9.90 Å². The van der Waals surface area contributed by atoms with E-state index in [1.165, 1.54) is 6.92 Å². The van der Waals surface area contributed by atoms with Gasteiger partial charge in [-0.1, -0.05) is 43.5 Å². The fourth-order valence-corrected chi connectivity index (χ4v) is 2.18. The molecular weight excluding hydrogens is 302 g/mol. The summed E-state index contributed by atoms with van der Waals surface area (Å²) in [5.74, 6) is 0.00950. The van der Waals surface area contributed by atoms with Crippen molar-refractivity contribution in [3.63, 3.8) is 0 Å². The first kappa shape index (κ1) is 17.4. The predicted octanol–water partition coefficient (Wildman–Crippen LogP) is 3.18. The molecule has 2 rings (SSSR count). The zero-order valence-corrected chi connectivity index (χ0v) is 13.6. The van der Waals surface area contributed by atoms with Gasteiger partial charge in [0, 0.05) is 12.1 Å². The minimum absolute atomic E-state index is 0.0500. The lowest BCUT2D eigenvalue weighted by Gasteiger charge is -2.21. The van der Waals surface area contributed by atoms with Crippen molar-refractivity contribution < 1.29 is 9.90 Å². The summed E-state index contributed by atoms with van der Waals surface area (Å²) in [6.07, 6.45) is 6.89. The Kier molecular flexibility index (Phi) is 5.50. The fourth-order valence-electron chi connectivity index (χ4n) is 2.18. The number of rotatable bonds is 7. The second-order valence-electron chi connectivity index (χ2n) is 5.55. The van der Waals surface area contributed by atoms with E-state index >= 15 is 0 Å². The molecule has 0 radical (unpaired) electrons. The first-order valence-corrected chi connectivity index (χ1v) is 7.55. The highest BCUT2D eigenvalue weighted by Crippen LogP contribution is 2.18. The third kappa shape index (κ3) is 4.30. The molecule has 124 valence electrons. The van der Waals surface area contributed by atoms with Crippen LogP contribution in [0.1, 0.15) is 24.1 Å². The fraction of sp³-hybridized carbons (Fsp3) is 0.158. The highest BCUT2D eigenvalue weighted by molar-refractivity contribution is 5.96. The number of anilines is 1. The van der Waals surface area contributed by atoms with Gasteiger partial charge >= 0.3 is 0 Å². The number of hydrogen-bond acceptors (Lipinski definition) is 3. The summed E-state index contributed by atoms with van der Waals surface area (Å²) in [6.45, 7) is 8.80. The maximum absolute atomic E-state index is 12.3. The summed E-state index contributed by atoms with van der Waals surface area (Å²) >= 11 is 0. The van der Waals surface area contributed by atoms with Crippen LogP contribution in [-0.2, 0) is 11.2 Å². The molecule has 1 aromatic carbocycles. The Morgan fingerprint density at radius 1 is 1.38 bits per heavy atom. The lowest BCUT2D eigenvalue weighted by atomic mass is 10.0. The van der Waals surface area contributed by atoms with Gasteiger partial charge in [0.15, 0.2) is 0 Å². The molecule has 2 aromatic rings. The Morgan fingerprint density at radius 2 is 2.08 bits per heavy atom. The summed E-state index contributed by atoms with van der Waals surface area (Å²) in [6, 6.07) is 8.99. The Bertz CT molecular complexity index is 758. The molecule has 1 atom stereocenters. The van der Waals surface area contributed by atoms with Crippen LogP contribution in [0.4, 0.5) is 5.69 Å². The number of carbonyl (C=O) groups is 1. The molecule has 0 aliphatic carbocycles. The highest BCUT2D eigenvalue weighted by atomic mass is 16.3. The Hall–Kier alpha value is -2.92. The number of para-hydroxylation sites is 1. The van der Waals surface area contributed by atoms with Crippen molar-refractivity contribution >= 4 is 23.7 Å². The molecule has 5 heteroatoms. The number of aromatic nitrogens is 2. The number of allylic oxidation sites excluding steroid dienone is 2. The summed E-state index contributed by atoms with van der Waals surface area (Å²) in [7, 11) is 0. The minimum Gasteiger partial charge on any atom is -0.380 e. The van der Waals surface area contributed by atoms with Crippen LogP contribution < -0.4 is 5.32 Å². The minimum atomic E-state index is -1.61. The van der Waals surface area contributed by atoms with Gasteiger partial charge in [0.2, 0.25) is 0 Å². The molecule has 3 N–H and O–H groups in total. The molecule has 1 amide bonds. The lowest BCUT2D eigenvalue weighted by molar-refractivity contribution is -0.132. The number of amides is 1.